The van der Waals surface area contributed by atoms with Crippen molar-refractivity contribution >= 4 is 22.0 Å². The molecule has 2 aromatic rings. The first-order valence-electron chi connectivity index (χ1n) is 11.1. The van der Waals surface area contributed by atoms with Gasteiger partial charge < -0.3 is 9.64 Å². The first-order chi connectivity index (χ1) is 15.6. The standard InChI is InChI=1S/C25H33N3O4S/c1-25(2,3)26-33(30,31)23-13-11-22(12-14-23)32-20-24(29)28-18-16-27(17-19-28)15-7-10-21-8-5-4-6-9-21/h4-14,26H,15-20H2,1-3H3/b10-7+. The molecule has 0 radical (unpaired) electrons. The van der Waals surface area contributed by atoms with Gasteiger partial charge in [0.25, 0.3) is 5.91 Å². The molecule has 1 aliphatic rings. The predicted molar refractivity (Wildman–Crippen MR) is 131 cm³/mol. The second kappa shape index (κ2) is 11.0. The average Bonchev–Trinajstić information content (AvgIpc) is 2.77. The fraction of sp³-hybridized carbons (Fsp3) is 0.400. The van der Waals surface area contributed by atoms with Crippen LogP contribution in [0, 0.1) is 0 Å². The molecule has 0 atom stereocenters. The number of ether oxygens (including phenoxy) is 1. The highest BCUT2D eigenvalue weighted by atomic mass is 32.2. The van der Waals surface area contributed by atoms with Crippen LogP contribution in [0.25, 0.3) is 6.08 Å². The first kappa shape index (κ1) is 25.0. The minimum atomic E-state index is -3.60. The largest absolute Gasteiger partial charge is 0.484 e. The Hall–Kier alpha value is -2.68. The summed E-state index contributed by atoms with van der Waals surface area (Å²) in [6, 6.07) is 16.3. The Labute approximate surface area is 197 Å². The number of hydrogen-bond donors (Lipinski definition) is 1. The molecule has 0 bridgehead atoms. The van der Waals surface area contributed by atoms with Crippen LogP contribution in [-0.4, -0.2) is 69.0 Å². The van der Waals surface area contributed by atoms with Crippen molar-refractivity contribution in [3.05, 3.63) is 66.2 Å². The molecule has 33 heavy (non-hydrogen) atoms. The molecule has 0 aliphatic carbocycles. The van der Waals surface area contributed by atoms with E-state index in [4.69, 9.17) is 4.74 Å². The quantitative estimate of drug-likeness (QED) is 0.640. The fourth-order valence-corrected chi connectivity index (χ4v) is 4.91. The molecule has 0 spiro atoms. The summed E-state index contributed by atoms with van der Waals surface area (Å²) < 4.78 is 33.0. The van der Waals surface area contributed by atoms with E-state index in [1.54, 1.807) is 32.9 Å². The van der Waals surface area contributed by atoms with E-state index in [1.165, 1.54) is 17.7 Å². The molecule has 2 aromatic carbocycles. The molecule has 0 aromatic heterocycles. The Morgan fingerprint density at radius 2 is 1.64 bits per heavy atom. The topological polar surface area (TPSA) is 78.9 Å². The Kier molecular flexibility index (Phi) is 8.29. The summed E-state index contributed by atoms with van der Waals surface area (Å²) in [4.78, 5) is 16.8. The van der Waals surface area contributed by atoms with E-state index in [2.05, 4.69) is 33.9 Å². The van der Waals surface area contributed by atoms with E-state index < -0.39 is 15.6 Å². The van der Waals surface area contributed by atoms with Gasteiger partial charge in [-0.15, -0.1) is 0 Å². The SMILES string of the molecule is CC(C)(C)NS(=O)(=O)c1ccc(OCC(=O)N2CCN(C/C=C/c3ccccc3)CC2)cc1. The van der Waals surface area contributed by atoms with Gasteiger partial charge in [0.05, 0.1) is 4.90 Å². The third-order valence-electron chi connectivity index (χ3n) is 5.14. The Bertz CT molecular complexity index is 1040. The molecule has 1 amide bonds. The van der Waals surface area contributed by atoms with Crippen molar-refractivity contribution in [1.29, 1.82) is 0 Å². The zero-order valence-electron chi connectivity index (χ0n) is 19.5. The van der Waals surface area contributed by atoms with E-state index in [-0.39, 0.29) is 17.4 Å². The molecule has 3 rings (SSSR count). The van der Waals surface area contributed by atoms with Crippen molar-refractivity contribution < 1.29 is 17.9 Å². The number of benzene rings is 2. The summed E-state index contributed by atoms with van der Waals surface area (Å²) in [5.41, 5.74) is 0.613. The van der Waals surface area contributed by atoms with Crippen LogP contribution in [0.15, 0.2) is 65.6 Å². The van der Waals surface area contributed by atoms with Gasteiger partial charge in [-0.3, -0.25) is 9.69 Å². The molecule has 1 aliphatic heterocycles. The molecule has 0 unspecified atom stereocenters. The summed E-state index contributed by atoms with van der Waals surface area (Å²) >= 11 is 0. The molecule has 1 fully saturated rings. The van der Waals surface area contributed by atoms with Crippen LogP contribution in [0.3, 0.4) is 0 Å². The van der Waals surface area contributed by atoms with Crippen LogP contribution in [0.4, 0.5) is 0 Å². The van der Waals surface area contributed by atoms with Gasteiger partial charge in [0.2, 0.25) is 10.0 Å². The normalized spacial score (nSPS) is 15.7. The highest BCUT2D eigenvalue weighted by Crippen LogP contribution is 2.18. The summed E-state index contributed by atoms with van der Waals surface area (Å²) in [7, 11) is -3.60. The number of amides is 1. The molecule has 1 saturated heterocycles. The van der Waals surface area contributed by atoms with Gasteiger partial charge in [-0.25, -0.2) is 13.1 Å². The van der Waals surface area contributed by atoms with Crippen LogP contribution >= 0.6 is 0 Å². The number of piperazine rings is 1. The first-order valence-corrected chi connectivity index (χ1v) is 12.6. The molecule has 0 saturated carbocycles. The van der Waals surface area contributed by atoms with Crippen molar-refractivity contribution in [2.24, 2.45) is 0 Å². The van der Waals surface area contributed by atoms with Crippen LogP contribution in [0.5, 0.6) is 5.75 Å². The number of nitrogens with zero attached hydrogens (tertiary/aromatic N) is 2. The van der Waals surface area contributed by atoms with Crippen LogP contribution < -0.4 is 9.46 Å². The number of rotatable bonds is 8. The highest BCUT2D eigenvalue weighted by Gasteiger charge is 2.23. The van der Waals surface area contributed by atoms with Crippen molar-refractivity contribution in [2.45, 2.75) is 31.2 Å². The summed E-state index contributed by atoms with van der Waals surface area (Å²) in [6.45, 7) is 9.11. The second-order valence-electron chi connectivity index (χ2n) is 9.11. The number of sulfonamides is 1. The third kappa shape index (κ3) is 7.99. The monoisotopic (exact) mass is 471 g/mol. The van der Waals surface area contributed by atoms with Gasteiger partial charge in [-0.2, -0.15) is 0 Å². The van der Waals surface area contributed by atoms with Gasteiger partial charge in [-0.05, 0) is 50.6 Å². The maximum atomic E-state index is 12.5. The molecular weight excluding hydrogens is 438 g/mol. The van der Waals surface area contributed by atoms with E-state index in [9.17, 15) is 13.2 Å². The molecule has 1 N–H and O–H groups in total. The van der Waals surface area contributed by atoms with Crippen molar-refractivity contribution in [3.63, 3.8) is 0 Å². The lowest BCUT2D eigenvalue weighted by Crippen LogP contribution is -2.49. The van der Waals surface area contributed by atoms with E-state index in [0.717, 1.165) is 19.6 Å². The zero-order valence-corrected chi connectivity index (χ0v) is 20.3. The highest BCUT2D eigenvalue weighted by molar-refractivity contribution is 7.89. The van der Waals surface area contributed by atoms with Crippen molar-refractivity contribution in [1.82, 2.24) is 14.5 Å². The predicted octanol–water partition coefficient (Wildman–Crippen LogP) is 3.00. The maximum absolute atomic E-state index is 12.5. The second-order valence-corrected chi connectivity index (χ2v) is 10.8. The summed E-state index contributed by atoms with van der Waals surface area (Å²) in [5.74, 6) is 0.392. The maximum Gasteiger partial charge on any atom is 0.260 e. The third-order valence-corrected chi connectivity index (χ3v) is 6.91. The minimum absolute atomic E-state index is 0.0689. The van der Waals surface area contributed by atoms with Crippen LogP contribution in [0.1, 0.15) is 26.3 Å². The lowest BCUT2D eigenvalue weighted by molar-refractivity contribution is -0.135. The van der Waals surface area contributed by atoms with E-state index >= 15 is 0 Å². The van der Waals surface area contributed by atoms with E-state index in [0.29, 0.717) is 18.8 Å². The lowest BCUT2D eigenvalue weighted by Gasteiger charge is -2.34. The van der Waals surface area contributed by atoms with Crippen molar-refractivity contribution in [2.75, 3.05) is 39.3 Å². The zero-order chi connectivity index (χ0) is 23.9. The van der Waals surface area contributed by atoms with Gasteiger partial charge in [-0.1, -0.05) is 42.5 Å². The number of nitrogens with one attached hydrogen (secondary N) is 1. The van der Waals surface area contributed by atoms with E-state index in [1.807, 2.05) is 23.1 Å². The van der Waals surface area contributed by atoms with Gasteiger partial charge in [0.1, 0.15) is 5.75 Å². The average molecular weight is 472 g/mol. The number of hydrogen-bond acceptors (Lipinski definition) is 5. The number of carbonyl (C=O) groups excluding carboxylic acids is 1. The summed E-state index contributed by atoms with van der Waals surface area (Å²) in [5, 5.41) is 0. The van der Waals surface area contributed by atoms with Crippen molar-refractivity contribution in [3.8, 4) is 5.75 Å². The Morgan fingerprint density at radius 3 is 2.24 bits per heavy atom. The molecule has 7 nitrogen and oxygen atoms in total. The Balaban J connectivity index is 1.42. The van der Waals surface area contributed by atoms with Crippen LogP contribution in [0.2, 0.25) is 0 Å². The smallest absolute Gasteiger partial charge is 0.260 e. The van der Waals surface area contributed by atoms with Gasteiger partial charge in [0, 0.05) is 38.3 Å². The molecule has 8 heteroatoms. The number of carbonyl (C=O) groups is 1. The minimum Gasteiger partial charge on any atom is -0.484 e. The molecule has 178 valence electrons. The Morgan fingerprint density at radius 1 is 1.00 bits per heavy atom. The fourth-order valence-electron chi connectivity index (χ4n) is 3.50. The van der Waals surface area contributed by atoms with Gasteiger partial charge >= 0.3 is 0 Å². The molecule has 1 heterocycles. The van der Waals surface area contributed by atoms with Gasteiger partial charge in [0.15, 0.2) is 6.61 Å². The summed E-state index contributed by atoms with van der Waals surface area (Å²) in [6.07, 6.45) is 4.26. The lowest BCUT2D eigenvalue weighted by atomic mass is 10.1. The molecular formula is C25H33N3O4S. The van der Waals surface area contributed by atoms with Crippen LogP contribution in [-0.2, 0) is 14.8 Å².